The highest BCUT2D eigenvalue weighted by molar-refractivity contribution is 9.11. The molecule has 4 aromatic rings. The van der Waals surface area contributed by atoms with E-state index in [0.29, 0.717) is 22.9 Å². The molecule has 0 aliphatic heterocycles. The van der Waals surface area contributed by atoms with E-state index in [0.717, 1.165) is 62.0 Å². The number of aliphatic imine (C=N–C) groups is 1. The van der Waals surface area contributed by atoms with Crippen molar-refractivity contribution in [1.29, 1.82) is 0 Å². The molecule has 188 valence electrons. The Bertz CT molecular complexity index is 1450. The number of amides is 1. The number of benzene rings is 3. The quantitative estimate of drug-likeness (QED) is 0.201. The standard InChI is InChI=1S/C29H23Br2ClN2O2S/c30-23-14-19(15-24(31)27(23)36-17-18-7-6-8-20(32)13-18)16-33-29-26(22-11-4-5-12-25(22)37-29)28(35)34-21-9-2-1-3-10-21/h1-3,6-10,13-16H,4-5,11-12,17H2,(H,34,35). The first-order valence-corrected chi connectivity index (χ1v) is 14.7. The fourth-order valence-electron chi connectivity index (χ4n) is 4.30. The third-order valence-corrected chi connectivity index (χ3v) is 8.65. The number of rotatable bonds is 7. The van der Waals surface area contributed by atoms with E-state index in [1.807, 2.05) is 66.7 Å². The summed E-state index contributed by atoms with van der Waals surface area (Å²) in [6, 6.07) is 21.1. The van der Waals surface area contributed by atoms with Gasteiger partial charge in [-0.1, -0.05) is 41.9 Å². The number of nitrogens with zero attached hydrogens (tertiary/aromatic N) is 1. The Kier molecular flexibility index (Phi) is 8.45. The molecule has 0 atom stereocenters. The topological polar surface area (TPSA) is 50.7 Å². The van der Waals surface area contributed by atoms with Crippen molar-refractivity contribution < 1.29 is 9.53 Å². The van der Waals surface area contributed by atoms with Crippen LogP contribution in [0, 0.1) is 0 Å². The molecule has 1 amide bonds. The van der Waals surface area contributed by atoms with Gasteiger partial charge in [-0.25, -0.2) is 4.99 Å². The number of halogens is 3. The lowest BCUT2D eigenvalue weighted by molar-refractivity contribution is 0.102. The molecule has 8 heteroatoms. The number of carbonyl (C=O) groups is 1. The zero-order valence-electron chi connectivity index (χ0n) is 19.8. The zero-order valence-corrected chi connectivity index (χ0v) is 24.5. The Balaban J connectivity index is 1.38. The average molecular weight is 659 g/mol. The lowest BCUT2D eigenvalue weighted by atomic mass is 9.95. The second kappa shape index (κ2) is 11.9. The molecule has 5 rings (SSSR count). The van der Waals surface area contributed by atoms with Gasteiger partial charge >= 0.3 is 0 Å². The number of para-hydroxylation sites is 1. The van der Waals surface area contributed by atoms with Crippen LogP contribution in [0.1, 0.15) is 44.8 Å². The predicted molar refractivity (Wildman–Crippen MR) is 160 cm³/mol. The van der Waals surface area contributed by atoms with Gasteiger partial charge in [0.05, 0.1) is 14.5 Å². The molecule has 0 unspecified atom stereocenters. The van der Waals surface area contributed by atoms with E-state index in [1.165, 1.54) is 4.88 Å². The van der Waals surface area contributed by atoms with Gasteiger partial charge in [0.2, 0.25) is 0 Å². The van der Waals surface area contributed by atoms with Gasteiger partial charge in [-0.3, -0.25) is 4.79 Å². The number of ether oxygens (including phenoxy) is 1. The molecular formula is C29H23Br2ClN2O2S. The number of hydrogen-bond donors (Lipinski definition) is 1. The molecule has 3 aromatic carbocycles. The molecule has 37 heavy (non-hydrogen) atoms. The van der Waals surface area contributed by atoms with Gasteiger partial charge in [-0.15, -0.1) is 11.3 Å². The van der Waals surface area contributed by atoms with E-state index in [-0.39, 0.29) is 5.91 Å². The van der Waals surface area contributed by atoms with Crippen LogP contribution in [-0.2, 0) is 19.4 Å². The maximum Gasteiger partial charge on any atom is 0.259 e. The van der Waals surface area contributed by atoms with E-state index in [1.54, 1.807) is 17.6 Å². The highest BCUT2D eigenvalue weighted by Crippen LogP contribution is 2.41. The molecule has 0 saturated heterocycles. The van der Waals surface area contributed by atoms with Crippen LogP contribution in [0.5, 0.6) is 5.75 Å². The summed E-state index contributed by atoms with van der Waals surface area (Å²) in [7, 11) is 0. The Morgan fingerprint density at radius 2 is 1.78 bits per heavy atom. The summed E-state index contributed by atoms with van der Waals surface area (Å²) in [5.41, 5.74) is 4.48. The molecule has 0 bridgehead atoms. The minimum absolute atomic E-state index is 0.107. The first kappa shape index (κ1) is 26.2. The Morgan fingerprint density at radius 3 is 2.54 bits per heavy atom. The minimum Gasteiger partial charge on any atom is -0.487 e. The van der Waals surface area contributed by atoms with Crippen LogP contribution in [0.4, 0.5) is 10.7 Å². The van der Waals surface area contributed by atoms with Gasteiger partial charge in [0.25, 0.3) is 5.91 Å². The summed E-state index contributed by atoms with van der Waals surface area (Å²) in [6.45, 7) is 0.395. The third-order valence-electron chi connectivity index (χ3n) is 6.04. The van der Waals surface area contributed by atoms with Crippen LogP contribution in [0.3, 0.4) is 0 Å². The van der Waals surface area contributed by atoms with Crippen molar-refractivity contribution in [2.24, 2.45) is 4.99 Å². The molecule has 0 saturated carbocycles. The fraction of sp³-hybridized carbons (Fsp3) is 0.172. The summed E-state index contributed by atoms with van der Waals surface area (Å²) in [4.78, 5) is 19.4. The summed E-state index contributed by atoms with van der Waals surface area (Å²) >= 11 is 15.0. The van der Waals surface area contributed by atoms with Crippen LogP contribution < -0.4 is 10.1 Å². The van der Waals surface area contributed by atoms with Crippen molar-refractivity contribution in [2.75, 3.05) is 5.32 Å². The van der Waals surface area contributed by atoms with Crippen molar-refractivity contribution in [1.82, 2.24) is 0 Å². The summed E-state index contributed by atoms with van der Waals surface area (Å²) in [5.74, 6) is 0.594. The second-order valence-corrected chi connectivity index (χ2v) is 11.9. The van der Waals surface area contributed by atoms with Gasteiger partial charge in [0, 0.05) is 21.8 Å². The van der Waals surface area contributed by atoms with Gasteiger partial charge in [0.1, 0.15) is 17.4 Å². The Hall–Kier alpha value is -2.45. The molecule has 1 N–H and O–H groups in total. The molecule has 1 aromatic heterocycles. The number of aryl methyl sites for hydroxylation is 1. The Labute approximate surface area is 242 Å². The molecule has 0 radical (unpaired) electrons. The molecule has 1 aliphatic rings. The SMILES string of the molecule is O=C(Nc1ccccc1)c1c(N=Cc2cc(Br)c(OCc3cccc(Cl)c3)c(Br)c2)sc2c1CCCC2. The van der Waals surface area contributed by atoms with Crippen LogP contribution in [0.2, 0.25) is 5.02 Å². The van der Waals surface area contributed by atoms with Gasteiger partial charge in [0.15, 0.2) is 0 Å². The number of anilines is 1. The molecule has 1 heterocycles. The van der Waals surface area contributed by atoms with Crippen LogP contribution in [0.25, 0.3) is 0 Å². The van der Waals surface area contributed by atoms with E-state index >= 15 is 0 Å². The number of hydrogen-bond acceptors (Lipinski definition) is 4. The smallest absolute Gasteiger partial charge is 0.259 e. The summed E-state index contributed by atoms with van der Waals surface area (Å²) in [5, 5.41) is 4.47. The maximum absolute atomic E-state index is 13.3. The summed E-state index contributed by atoms with van der Waals surface area (Å²) < 4.78 is 7.65. The minimum atomic E-state index is -0.107. The number of fused-ring (bicyclic) bond motifs is 1. The van der Waals surface area contributed by atoms with Crippen LogP contribution in [0.15, 0.2) is 80.7 Å². The van der Waals surface area contributed by atoms with Crippen molar-refractivity contribution in [3.05, 3.63) is 108 Å². The van der Waals surface area contributed by atoms with Crippen molar-refractivity contribution in [3.63, 3.8) is 0 Å². The van der Waals surface area contributed by atoms with Gasteiger partial charge in [-0.2, -0.15) is 0 Å². The number of thiophene rings is 1. The van der Waals surface area contributed by atoms with Crippen molar-refractivity contribution in [2.45, 2.75) is 32.3 Å². The largest absolute Gasteiger partial charge is 0.487 e. The summed E-state index contributed by atoms with van der Waals surface area (Å²) in [6.07, 6.45) is 5.94. The van der Waals surface area contributed by atoms with E-state index in [2.05, 4.69) is 37.2 Å². The van der Waals surface area contributed by atoms with Crippen LogP contribution in [-0.4, -0.2) is 12.1 Å². The van der Waals surface area contributed by atoms with E-state index < -0.39 is 0 Å². The number of carbonyl (C=O) groups excluding carboxylic acids is 1. The monoisotopic (exact) mass is 656 g/mol. The van der Waals surface area contributed by atoms with E-state index in [4.69, 9.17) is 21.3 Å². The average Bonchev–Trinajstić information content (AvgIpc) is 3.26. The highest BCUT2D eigenvalue weighted by atomic mass is 79.9. The molecule has 1 aliphatic carbocycles. The van der Waals surface area contributed by atoms with Gasteiger partial charge in [-0.05, 0) is 111 Å². The molecule has 4 nitrogen and oxygen atoms in total. The molecule has 0 spiro atoms. The fourth-order valence-corrected chi connectivity index (χ4v) is 7.19. The maximum atomic E-state index is 13.3. The van der Waals surface area contributed by atoms with Crippen molar-refractivity contribution >= 4 is 77.6 Å². The first-order valence-electron chi connectivity index (χ1n) is 11.9. The highest BCUT2D eigenvalue weighted by Gasteiger charge is 2.25. The van der Waals surface area contributed by atoms with Crippen molar-refractivity contribution in [3.8, 4) is 5.75 Å². The number of nitrogens with one attached hydrogen (secondary N) is 1. The first-order chi connectivity index (χ1) is 18.0. The predicted octanol–water partition coefficient (Wildman–Crippen LogP) is 9.39. The van der Waals surface area contributed by atoms with Crippen LogP contribution >= 0.6 is 54.8 Å². The van der Waals surface area contributed by atoms with Gasteiger partial charge < -0.3 is 10.1 Å². The molecule has 0 fully saturated rings. The third kappa shape index (κ3) is 6.34. The van der Waals surface area contributed by atoms with E-state index in [9.17, 15) is 4.79 Å². The Morgan fingerprint density at radius 1 is 1.03 bits per heavy atom. The zero-order chi connectivity index (χ0) is 25.8. The molecular weight excluding hydrogens is 636 g/mol. The normalized spacial score (nSPS) is 12.9. The lowest BCUT2D eigenvalue weighted by Gasteiger charge is -2.13. The second-order valence-electron chi connectivity index (χ2n) is 8.70. The lowest BCUT2D eigenvalue weighted by Crippen LogP contribution is -2.14.